The SMILES string of the molecule is CC(C)c1cc(Cc2c(Cl)cc(OCC(O)N(C)CC(F)(F)F)cc2Cl)ccc1O. The molecule has 0 fully saturated rings. The number of phenolic OH excluding ortho intramolecular Hbond substituents is 1. The lowest BCUT2D eigenvalue weighted by atomic mass is 9.96. The molecule has 0 radical (unpaired) electrons. The normalized spacial score (nSPS) is 13.2. The molecule has 30 heavy (non-hydrogen) atoms. The first-order valence-electron chi connectivity index (χ1n) is 9.25. The molecule has 0 aliphatic rings. The Morgan fingerprint density at radius 1 is 1.10 bits per heavy atom. The summed E-state index contributed by atoms with van der Waals surface area (Å²) in [5, 5.41) is 20.5. The summed E-state index contributed by atoms with van der Waals surface area (Å²) in [6.07, 6.45) is -5.45. The highest BCUT2D eigenvalue weighted by atomic mass is 35.5. The zero-order valence-electron chi connectivity index (χ0n) is 16.8. The molecule has 2 aromatic rings. The fourth-order valence-electron chi connectivity index (χ4n) is 2.90. The van der Waals surface area contributed by atoms with Crippen molar-refractivity contribution in [1.82, 2.24) is 4.90 Å². The van der Waals surface area contributed by atoms with Crippen LogP contribution in [0, 0.1) is 0 Å². The van der Waals surface area contributed by atoms with E-state index in [0.29, 0.717) is 22.0 Å². The first kappa shape index (κ1) is 24.6. The molecule has 0 aromatic heterocycles. The summed E-state index contributed by atoms with van der Waals surface area (Å²) in [7, 11) is 1.15. The van der Waals surface area contributed by atoms with E-state index in [0.717, 1.165) is 23.1 Å². The standard InChI is InChI=1S/C21H24Cl2F3NO3/c1-12(2)15-6-13(4-5-19(15)28)7-16-17(22)8-14(9-18(16)23)30-10-20(29)27(3)11-21(24,25)26/h4-6,8-9,12,20,28-29H,7,10-11H2,1-3H3. The Morgan fingerprint density at radius 2 is 1.70 bits per heavy atom. The molecule has 0 aliphatic carbocycles. The number of phenols is 1. The van der Waals surface area contributed by atoms with Crippen LogP contribution in [-0.2, 0) is 6.42 Å². The number of benzene rings is 2. The number of rotatable bonds is 8. The molecule has 1 atom stereocenters. The molecule has 2 N–H and O–H groups in total. The smallest absolute Gasteiger partial charge is 0.401 e. The molecular weight excluding hydrogens is 442 g/mol. The van der Waals surface area contributed by atoms with Crippen molar-refractivity contribution in [3.63, 3.8) is 0 Å². The van der Waals surface area contributed by atoms with Crippen LogP contribution in [0.4, 0.5) is 13.2 Å². The van der Waals surface area contributed by atoms with Crippen LogP contribution in [0.2, 0.25) is 10.0 Å². The second-order valence-electron chi connectivity index (χ2n) is 7.41. The number of hydrogen-bond donors (Lipinski definition) is 2. The number of aliphatic hydroxyl groups excluding tert-OH is 1. The summed E-state index contributed by atoms with van der Waals surface area (Å²) < 4.78 is 42.6. The van der Waals surface area contributed by atoms with Crippen molar-refractivity contribution in [3.8, 4) is 11.5 Å². The molecule has 0 saturated heterocycles. The van der Waals surface area contributed by atoms with Crippen LogP contribution in [0.5, 0.6) is 11.5 Å². The number of hydrogen-bond acceptors (Lipinski definition) is 4. The van der Waals surface area contributed by atoms with Crippen molar-refractivity contribution in [2.75, 3.05) is 20.2 Å². The monoisotopic (exact) mass is 465 g/mol. The van der Waals surface area contributed by atoms with E-state index in [1.807, 2.05) is 19.9 Å². The molecular formula is C21H24Cl2F3NO3. The van der Waals surface area contributed by atoms with Crippen molar-refractivity contribution in [3.05, 3.63) is 57.1 Å². The van der Waals surface area contributed by atoms with Gasteiger partial charge in [-0.05, 0) is 47.9 Å². The third-order valence-corrected chi connectivity index (χ3v) is 5.22. The predicted molar refractivity (Wildman–Crippen MR) is 112 cm³/mol. The van der Waals surface area contributed by atoms with Gasteiger partial charge in [-0.3, -0.25) is 4.90 Å². The van der Waals surface area contributed by atoms with Gasteiger partial charge in [0, 0.05) is 16.5 Å². The Labute approximate surface area is 183 Å². The number of likely N-dealkylation sites (N-methyl/N-ethyl adjacent to an activating group) is 1. The van der Waals surface area contributed by atoms with Crippen LogP contribution in [-0.4, -0.2) is 47.7 Å². The van der Waals surface area contributed by atoms with Gasteiger partial charge in [0.25, 0.3) is 0 Å². The first-order chi connectivity index (χ1) is 13.9. The third kappa shape index (κ3) is 6.94. The molecule has 4 nitrogen and oxygen atoms in total. The molecule has 2 rings (SSSR count). The number of nitrogens with zero attached hydrogens (tertiary/aromatic N) is 1. The minimum absolute atomic E-state index is 0.147. The van der Waals surface area contributed by atoms with Crippen LogP contribution < -0.4 is 4.74 Å². The van der Waals surface area contributed by atoms with Crippen molar-refractivity contribution < 1.29 is 28.1 Å². The van der Waals surface area contributed by atoms with E-state index in [1.54, 1.807) is 12.1 Å². The van der Waals surface area contributed by atoms with Gasteiger partial charge >= 0.3 is 6.18 Å². The van der Waals surface area contributed by atoms with Crippen molar-refractivity contribution in [2.24, 2.45) is 0 Å². The summed E-state index contributed by atoms with van der Waals surface area (Å²) in [5.41, 5.74) is 2.38. The maximum Gasteiger partial charge on any atom is 0.401 e. The Balaban J connectivity index is 2.10. The van der Waals surface area contributed by atoms with Crippen molar-refractivity contribution >= 4 is 23.2 Å². The molecule has 2 aromatic carbocycles. The second-order valence-corrected chi connectivity index (χ2v) is 8.23. The minimum Gasteiger partial charge on any atom is -0.508 e. The van der Waals surface area contributed by atoms with Crippen molar-refractivity contribution in [1.29, 1.82) is 0 Å². The van der Waals surface area contributed by atoms with Crippen LogP contribution in [0.25, 0.3) is 0 Å². The average Bonchev–Trinajstić information content (AvgIpc) is 2.62. The average molecular weight is 466 g/mol. The molecule has 1 unspecified atom stereocenters. The maximum absolute atomic E-state index is 12.4. The Hall–Kier alpha value is -1.67. The summed E-state index contributed by atoms with van der Waals surface area (Å²) >= 11 is 12.7. The van der Waals surface area contributed by atoms with Gasteiger partial charge in [-0.2, -0.15) is 13.2 Å². The minimum atomic E-state index is -4.42. The van der Waals surface area contributed by atoms with Gasteiger partial charge in [0.2, 0.25) is 0 Å². The highest BCUT2D eigenvalue weighted by molar-refractivity contribution is 6.36. The number of alkyl halides is 3. The third-order valence-electron chi connectivity index (χ3n) is 4.55. The number of aromatic hydroxyl groups is 1. The predicted octanol–water partition coefficient (Wildman–Crippen LogP) is 5.60. The van der Waals surface area contributed by atoms with Gasteiger partial charge in [-0.25, -0.2) is 0 Å². The molecule has 166 valence electrons. The van der Waals surface area contributed by atoms with Crippen LogP contribution in [0.1, 0.15) is 36.5 Å². The van der Waals surface area contributed by atoms with E-state index in [1.165, 1.54) is 12.1 Å². The van der Waals surface area contributed by atoms with Gasteiger partial charge in [0.15, 0.2) is 0 Å². The Morgan fingerprint density at radius 3 is 2.23 bits per heavy atom. The fourth-order valence-corrected chi connectivity index (χ4v) is 3.50. The molecule has 0 saturated carbocycles. The van der Waals surface area contributed by atoms with E-state index >= 15 is 0 Å². The fraction of sp³-hybridized carbons (Fsp3) is 0.429. The lowest BCUT2D eigenvalue weighted by Crippen LogP contribution is -2.42. The molecule has 0 heterocycles. The zero-order valence-corrected chi connectivity index (χ0v) is 18.3. The second kappa shape index (κ2) is 10.1. The summed E-state index contributed by atoms with van der Waals surface area (Å²) in [6.45, 7) is 2.31. The number of aliphatic hydroxyl groups is 1. The van der Waals surface area contributed by atoms with E-state index < -0.39 is 18.9 Å². The van der Waals surface area contributed by atoms with Crippen LogP contribution in [0.3, 0.4) is 0 Å². The molecule has 0 spiro atoms. The van der Waals surface area contributed by atoms with Gasteiger partial charge < -0.3 is 14.9 Å². The topological polar surface area (TPSA) is 52.9 Å². The summed E-state index contributed by atoms with van der Waals surface area (Å²) in [4.78, 5) is 0.731. The largest absolute Gasteiger partial charge is 0.508 e. The molecule has 0 amide bonds. The number of halogens is 5. The molecule has 0 bridgehead atoms. The highest BCUT2D eigenvalue weighted by Gasteiger charge is 2.31. The first-order valence-corrected chi connectivity index (χ1v) is 10.0. The number of ether oxygens (including phenoxy) is 1. The van der Waals surface area contributed by atoms with Gasteiger partial charge in [0.1, 0.15) is 24.3 Å². The highest BCUT2D eigenvalue weighted by Crippen LogP contribution is 2.34. The van der Waals surface area contributed by atoms with Gasteiger partial charge in [0.05, 0.1) is 6.54 Å². The Bertz CT molecular complexity index is 852. The van der Waals surface area contributed by atoms with E-state index in [9.17, 15) is 23.4 Å². The lowest BCUT2D eigenvalue weighted by molar-refractivity contribution is -0.164. The Kier molecular flexibility index (Phi) is 8.27. The van der Waals surface area contributed by atoms with E-state index in [-0.39, 0.29) is 24.0 Å². The van der Waals surface area contributed by atoms with Crippen LogP contribution >= 0.6 is 23.2 Å². The summed E-state index contributed by atoms with van der Waals surface area (Å²) in [5.74, 6) is 0.610. The lowest BCUT2D eigenvalue weighted by Gasteiger charge is -2.24. The van der Waals surface area contributed by atoms with Crippen LogP contribution in [0.15, 0.2) is 30.3 Å². The van der Waals surface area contributed by atoms with Crippen molar-refractivity contribution in [2.45, 2.75) is 38.6 Å². The van der Waals surface area contributed by atoms with E-state index in [2.05, 4.69) is 0 Å². The summed E-state index contributed by atoms with van der Waals surface area (Å²) in [6, 6.07) is 8.31. The van der Waals surface area contributed by atoms with Gasteiger partial charge in [-0.1, -0.05) is 49.2 Å². The van der Waals surface area contributed by atoms with E-state index in [4.69, 9.17) is 27.9 Å². The quantitative estimate of drug-likeness (QED) is 0.497. The zero-order chi connectivity index (χ0) is 22.6. The molecule has 9 heteroatoms. The van der Waals surface area contributed by atoms with Gasteiger partial charge in [-0.15, -0.1) is 0 Å². The molecule has 0 aliphatic heterocycles. The maximum atomic E-state index is 12.4.